The molecule has 10 heteroatoms. The van der Waals surface area contributed by atoms with E-state index in [1.807, 2.05) is 6.92 Å². The van der Waals surface area contributed by atoms with Crippen molar-refractivity contribution in [3.63, 3.8) is 0 Å². The van der Waals surface area contributed by atoms with Gasteiger partial charge in [-0.1, -0.05) is 0 Å². The SMILES string of the molecule is CCOc1ccc(NS(=O)(=O)c2ccc(OCC(=O)Nc3ccc(NC(C)=O)cc3)cc2)cc1. The zero-order valence-corrected chi connectivity index (χ0v) is 19.5. The maximum atomic E-state index is 12.6. The van der Waals surface area contributed by atoms with Crippen molar-refractivity contribution >= 4 is 38.9 Å². The molecule has 0 aliphatic heterocycles. The minimum atomic E-state index is -3.79. The van der Waals surface area contributed by atoms with E-state index in [2.05, 4.69) is 15.4 Å². The van der Waals surface area contributed by atoms with Crippen LogP contribution in [-0.4, -0.2) is 33.4 Å². The van der Waals surface area contributed by atoms with Crippen LogP contribution < -0.4 is 24.8 Å². The average molecular weight is 484 g/mol. The van der Waals surface area contributed by atoms with Gasteiger partial charge in [0.15, 0.2) is 6.61 Å². The summed E-state index contributed by atoms with van der Waals surface area (Å²) in [6.45, 7) is 3.54. The molecule has 0 bridgehead atoms. The van der Waals surface area contributed by atoms with Crippen LogP contribution in [0, 0.1) is 0 Å². The van der Waals surface area contributed by atoms with E-state index in [1.165, 1.54) is 31.2 Å². The third-order valence-electron chi connectivity index (χ3n) is 4.41. The van der Waals surface area contributed by atoms with Crippen LogP contribution in [0.3, 0.4) is 0 Å². The molecule has 0 unspecified atom stereocenters. The van der Waals surface area contributed by atoms with E-state index in [0.717, 1.165) is 0 Å². The van der Waals surface area contributed by atoms with Crippen molar-refractivity contribution in [2.75, 3.05) is 28.6 Å². The van der Waals surface area contributed by atoms with Gasteiger partial charge in [-0.2, -0.15) is 0 Å². The molecule has 0 aliphatic carbocycles. The van der Waals surface area contributed by atoms with Crippen LogP contribution >= 0.6 is 0 Å². The molecule has 34 heavy (non-hydrogen) atoms. The lowest BCUT2D eigenvalue weighted by Crippen LogP contribution is -2.20. The first kappa shape index (κ1) is 24.6. The van der Waals surface area contributed by atoms with Crippen molar-refractivity contribution < 1.29 is 27.5 Å². The number of benzene rings is 3. The van der Waals surface area contributed by atoms with Gasteiger partial charge < -0.3 is 20.1 Å². The molecule has 3 rings (SSSR count). The Hall–Kier alpha value is -4.05. The molecule has 0 radical (unpaired) electrons. The fourth-order valence-corrected chi connectivity index (χ4v) is 3.96. The molecule has 0 atom stereocenters. The van der Waals surface area contributed by atoms with Crippen molar-refractivity contribution in [3.05, 3.63) is 72.8 Å². The molecular weight excluding hydrogens is 458 g/mol. The molecule has 2 amide bonds. The fraction of sp³-hybridized carbons (Fsp3) is 0.167. The smallest absolute Gasteiger partial charge is 0.262 e. The first-order valence-corrected chi connectivity index (χ1v) is 11.9. The summed E-state index contributed by atoms with van der Waals surface area (Å²) >= 11 is 0. The highest BCUT2D eigenvalue weighted by Gasteiger charge is 2.14. The van der Waals surface area contributed by atoms with Gasteiger partial charge in [-0.15, -0.1) is 0 Å². The molecule has 9 nitrogen and oxygen atoms in total. The minimum Gasteiger partial charge on any atom is -0.494 e. The second-order valence-corrected chi connectivity index (χ2v) is 8.81. The van der Waals surface area contributed by atoms with Gasteiger partial charge >= 0.3 is 0 Å². The van der Waals surface area contributed by atoms with E-state index in [4.69, 9.17) is 9.47 Å². The molecule has 0 spiro atoms. The Morgan fingerprint density at radius 3 is 1.79 bits per heavy atom. The zero-order valence-electron chi connectivity index (χ0n) is 18.7. The normalized spacial score (nSPS) is 10.8. The highest BCUT2D eigenvalue weighted by molar-refractivity contribution is 7.92. The number of carbonyl (C=O) groups is 2. The lowest BCUT2D eigenvalue weighted by Gasteiger charge is -2.11. The molecule has 3 N–H and O–H groups in total. The molecule has 0 aliphatic rings. The summed E-state index contributed by atoms with van der Waals surface area (Å²) in [7, 11) is -3.79. The maximum absolute atomic E-state index is 12.6. The van der Waals surface area contributed by atoms with Gasteiger partial charge in [-0.05, 0) is 79.7 Å². The Balaban J connectivity index is 1.52. The Bertz CT molecular complexity index is 1230. The van der Waals surface area contributed by atoms with Crippen LogP contribution in [0.25, 0.3) is 0 Å². The number of hydrogen-bond donors (Lipinski definition) is 3. The predicted octanol–water partition coefficient (Wildman–Crippen LogP) is 3.86. The van der Waals surface area contributed by atoms with Crippen LogP contribution in [0.15, 0.2) is 77.7 Å². The summed E-state index contributed by atoms with van der Waals surface area (Å²) in [6.07, 6.45) is 0. The molecule has 3 aromatic rings. The van der Waals surface area contributed by atoms with Crippen molar-refractivity contribution in [2.45, 2.75) is 18.7 Å². The Morgan fingerprint density at radius 1 is 0.735 bits per heavy atom. The number of anilines is 3. The number of hydrogen-bond acceptors (Lipinski definition) is 6. The van der Waals surface area contributed by atoms with Gasteiger partial charge in [0.2, 0.25) is 5.91 Å². The fourth-order valence-electron chi connectivity index (χ4n) is 2.90. The Labute approximate surface area is 198 Å². The van der Waals surface area contributed by atoms with Crippen molar-refractivity contribution in [1.82, 2.24) is 0 Å². The predicted molar refractivity (Wildman–Crippen MR) is 130 cm³/mol. The van der Waals surface area contributed by atoms with E-state index in [9.17, 15) is 18.0 Å². The van der Waals surface area contributed by atoms with E-state index < -0.39 is 10.0 Å². The summed E-state index contributed by atoms with van der Waals surface area (Å²) in [5.41, 5.74) is 1.57. The molecule has 0 saturated heterocycles. The topological polar surface area (TPSA) is 123 Å². The molecular formula is C24H25N3O6S. The summed E-state index contributed by atoms with van der Waals surface area (Å²) < 4.78 is 38.5. The largest absolute Gasteiger partial charge is 0.494 e. The summed E-state index contributed by atoms with van der Waals surface area (Å²) in [5, 5.41) is 5.31. The van der Waals surface area contributed by atoms with Crippen molar-refractivity contribution in [2.24, 2.45) is 0 Å². The quantitative estimate of drug-likeness (QED) is 0.402. The summed E-state index contributed by atoms with van der Waals surface area (Å²) in [5.74, 6) is 0.422. The van der Waals surface area contributed by atoms with Crippen LogP contribution in [0.2, 0.25) is 0 Å². The van der Waals surface area contributed by atoms with Gasteiger partial charge in [0.25, 0.3) is 15.9 Å². The molecule has 0 saturated carbocycles. The summed E-state index contributed by atoms with van der Waals surface area (Å²) in [4.78, 5) is 23.2. The third-order valence-corrected chi connectivity index (χ3v) is 5.81. The van der Waals surface area contributed by atoms with E-state index >= 15 is 0 Å². The number of amides is 2. The van der Waals surface area contributed by atoms with Gasteiger partial charge in [0.05, 0.1) is 11.5 Å². The van der Waals surface area contributed by atoms with Gasteiger partial charge in [-0.3, -0.25) is 14.3 Å². The van der Waals surface area contributed by atoms with Crippen molar-refractivity contribution in [1.29, 1.82) is 0 Å². The number of ether oxygens (including phenoxy) is 2. The standard InChI is InChI=1S/C24H25N3O6S/c1-3-32-21-10-8-20(9-11-21)27-34(30,31)23-14-12-22(13-15-23)33-16-24(29)26-19-6-4-18(5-7-19)25-17(2)28/h4-15,27H,3,16H2,1-2H3,(H,25,28)(H,26,29). The number of rotatable bonds is 10. The monoisotopic (exact) mass is 483 g/mol. The highest BCUT2D eigenvalue weighted by atomic mass is 32.2. The number of nitrogens with one attached hydrogen (secondary N) is 3. The average Bonchev–Trinajstić information content (AvgIpc) is 2.80. The molecule has 0 fully saturated rings. The van der Waals surface area contributed by atoms with Crippen LogP contribution in [-0.2, 0) is 19.6 Å². The Morgan fingerprint density at radius 2 is 1.24 bits per heavy atom. The molecule has 0 heterocycles. The number of carbonyl (C=O) groups excluding carboxylic acids is 2. The van der Waals surface area contributed by atoms with Gasteiger partial charge in [-0.25, -0.2) is 8.42 Å². The van der Waals surface area contributed by atoms with E-state index in [1.54, 1.807) is 48.5 Å². The molecule has 3 aromatic carbocycles. The zero-order chi connectivity index (χ0) is 24.6. The van der Waals surface area contributed by atoms with Crippen LogP contribution in [0.4, 0.5) is 17.1 Å². The van der Waals surface area contributed by atoms with Crippen LogP contribution in [0.1, 0.15) is 13.8 Å². The number of sulfonamides is 1. The highest BCUT2D eigenvalue weighted by Crippen LogP contribution is 2.21. The first-order valence-electron chi connectivity index (χ1n) is 10.4. The van der Waals surface area contributed by atoms with Crippen LogP contribution in [0.5, 0.6) is 11.5 Å². The first-order chi connectivity index (χ1) is 16.2. The second-order valence-electron chi connectivity index (χ2n) is 7.13. The summed E-state index contributed by atoms with van der Waals surface area (Å²) in [6, 6.07) is 19.0. The van der Waals surface area contributed by atoms with Crippen molar-refractivity contribution in [3.8, 4) is 11.5 Å². The molecule has 0 aromatic heterocycles. The van der Waals surface area contributed by atoms with E-state index in [0.29, 0.717) is 35.2 Å². The lowest BCUT2D eigenvalue weighted by atomic mass is 10.2. The van der Waals surface area contributed by atoms with Gasteiger partial charge in [0, 0.05) is 24.0 Å². The maximum Gasteiger partial charge on any atom is 0.262 e. The Kier molecular flexibility index (Phi) is 8.10. The van der Waals surface area contributed by atoms with Gasteiger partial charge in [0.1, 0.15) is 11.5 Å². The molecule has 178 valence electrons. The van der Waals surface area contributed by atoms with E-state index in [-0.39, 0.29) is 23.3 Å². The lowest BCUT2D eigenvalue weighted by molar-refractivity contribution is -0.118. The second kappa shape index (κ2) is 11.2. The minimum absolute atomic E-state index is 0.0532. The third kappa shape index (κ3) is 7.24.